The Kier molecular flexibility index (Phi) is 6.32. The molecule has 3 heteroatoms. The van der Waals surface area contributed by atoms with E-state index in [1.165, 1.54) is 11.1 Å². The van der Waals surface area contributed by atoms with Crippen molar-refractivity contribution in [3.05, 3.63) is 29.3 Å². The monoisotopic (exact) mass is 265 g/mol. The lowest BCUT2D eigenvalue weighted by Crippen LogP contribution is -2.29. The van der Waals surface area contributed by atoms with Gasteiger partial charge >= 0.3 is 0 Å². The summed E-state index contributed by atoms with van der Waals surface area (Å²) >= 11 is 0. The smallest absolute Gasteiger partial charge is 0.123 e. The fraction of sp³-hybridized carbons (Fsp3) is 0.625. The van der Waals surface area contributed by atoms with Gasteiger partial charge in [-0.1, -0.05) is 26.0 Å². The minimum Gasteiger partial charge on any atom is -0.496 e. The van der Waals surface area contributed by atoms with Gasteiger partial charge in [0.05, 0.1) is 7.11 Å². The lowest BCUT2D eigenvalue weighted by Gasteiger charge is -2.32. The Labute approximate surface area is 117 Å². The number of methoxy groups -OCH3 is 1. The molecule has 2 unspecified atom stereocenters. The zero-order valence-corrected chi connectivity index (χ0v) is 12.8. The number of aliphatic hydroxyl groups is 1. The number of nitrogens with zero attached hydrogens (tertiary/aromatic N) is 1. The summed E-state index contributed by atoms with van der Waals surface area (Å²) in [6.45, 7) is 4.46. The molecule has 2 atom stereocenters. The van der Waals surface area contributed by atoms with Crippen LogP contribution >= 0.6 is 0 Å². The van der Waals surface area contributed by atoms with Crippen LogP contribution in [0.1, 0.15) is 37.4 Å². The average molecular weight is 265 g/mol. The number of rotatable bonds is 7. The van der Waals surface area contributed by atoms with E-state index >= 15 is 0 Å². The zero-order chi connectivity index (χ0) is 14.4. The van der Waals surface area contributed by atoms with Crippen molar-refractivity contribution in [3.63, 3.8) is 0 Å². The molecule has 0 fully saturated rings. The predicted octanol–water partition coefficient (Wildman–Crippen LogP) is 2.88. The topological polar surface area (TPSA) is 32.7 Å². The van der Waals surface area contributed by atoms with Crippen LogP contribution in [-0.4, -0.2) is 37.8 Å². The van der Waals surface area contributed by atoms with E-state index in [4.69, 9.17) is 4.74 Å². The van der Waals surface area contributed by atoms with Crippen LogP contribution in [0.2, 0.25) is 0 Å². The van der Waals surface area contributed by atoms with Gasteiger partial charge in [0.25, 0.3) is 0 Å². The molecular formula is C16H27NO2. The Hall–Kier alpha value is -1.06. The quantitative estimate of drug-likeness (QED) is 0.823. The molecule has 1 rings (SSSR count). The van der Waals surface area contributed by atoms with Gasteiger partial charge in [-0.3, -0.25) is 0 Å². The summed E-state index contributed by atoms with van der Waals surface area (Å²) < 4.78 is 5.51. The highest BCUT2D eigenvalue weighted by molar-refractivity contribution is 5.40. The van der Waals surface area contributed by atoms with Crippen molar-refractivity contribution in [1.29, 1.82) is 0 Å². The van der Waals surface area contributed by atoms with E-state index in [1.807, 2.05) is 6.07 Å². The van der Waals surface area contributed by atoms with Crippen LogP contribution in [0, 0.1) is 5.92 Å². The first-order valence-electron chi connectivity index (χ1n) is 7.03. The molecule has 0 aromatic heterocycles. The maximum Gasteiger partial charge on any atom is 0.123 e. The van der Waals surface area contributed by atoms with Gasteiger partial charge in [-0.25, -0.2) is 0 Å². The second kappa shape index (κ2) is 7.51. The molecule has 0 aliphatic heterocycles. The van der Waals surface area contributed by atoms with E-state index in [1.54, 1.807) is 7.11 Å². The standard InChI is InChI=1S/C16H27NO2/c1-6-12-8-9-15(19-5)14(10-12)16(17(3)4)13(7-2)11-18/h8-10,13,16,18H,6-7,11H2,1-5H3. The van der Waals surface area contributed by atoms with Gasteiger partial charge < -0.3 is 14.7 Å². The van der Waals surface area contributed by atoms with E-state index in [2.05, 4.69) is 45.0 Å². The van der Waals surface area contributed by atoms with E-state index in [0.717, 1.165) is 18.6 Å². The minimum atomic E-state index is 0.177. The van der Waals surface area contributed by atoms with E-state index in [-0.39, 0.29) is 18.6 Å². The molecule has 3 nitrogen and oxygen atoms in total. The van der Waals surface area contributed by atoms with Crippen LogP contribution in [0.15, 0.2) is 18.2 Å². The zero-order valence-electron chi connectivity index (χ0n) is 12.8. The SMILES string of the molecule is CCc1ccc(OC)c(C(C(CC)CO)N(C)C)c1. The number of aliphatic hydroxyl groups excluding tert-OH is 1. The Bertz CT molecular complexity index is 386. The first kappa shape index (κ1) is 16.0. The second-order valence-electron chi connectivity index (χ2n) is 5.19. The first-order valence-corrected chi connectivity index (χ1v) is 7.03. The highest BCUT2D eigenvalue weighted by Crippen LogP contribution is 2.35. The molecule has 108 valence electrons. The van der Waals surface area contributed by atoms with E-state index in [9.17, 15) is 5.11 Å². The van der Waals surface area contributed by atoms with Gasteiger partial charge in [0, 0.05) is 24.1 Å². The molecule has 0 bridgehead atoms. The Balaban J connectivity index is 3.27. The number of ether oxygens (including phenoxy) is 1. The molecule has 0 aliphatic carbocycles. The van der Waals surface area contributed by atoms with Crippen LogP contribution in [0.3, 0.4) is 0 Å². The van der Waals surface area contributed by atoms with Crippen molar-refractivity contribution < 1.29 is 9.84 Å². The molecule has 1 N–H and O–H groups in total. The lowest BCUT2D eigenvalue weighted by molar-refractivity contribution is 0.128. The summed E-state index contributed by atoms with van der Waals surface area (Å²) in [7, 11) is 5.82. The van der Waals surface area contributed by atoms with E-state index < -0.39 is 0 Å². The largest absolute Gasteiger partial charge is 0.496 e. The first-order chi connectivity index (χ1) is 9.08. The Morgan fingerprint density at radius 2 is 1.95 bits per heavy atom. The third-order valence-electron chi connectivity index (χ3n) is 3.78. The fourth-order valence-corrected chi connectivity index (χ4v) is 2.64. The van der Waals surface area contributed by atoms with Crippen LogP contribution in [0.4, 0.5) is 0 Å². The average Bonchev–Trinajstić information content (AvgIpc) is 2.43. The van der Waals surface area contributed by atoms with Gasteiger partial charge in [-0.15, -0.1) is 0 Å². The van der Waals surface area contributed by atoms with Gasteiger partial charge in [0.1, 0.15) is 5.75 Å². The van der Waals surface area contributed by atoms with Gasteiger partial charge in [-0.2, -0.15) is 0 Å². The second-order valence-corrected chi connectivity index (χ2v) is 5.19. The number of hydrogen-bond donors (Lipinski definition) is 1. The fourth-order valence-electron chi connectivity index (χ4n) is 2.64. The molecule has 0 heterocycles. The van der Waals surface area contributed by atoms with Crippen molar-refractivity contribution >= 4 is 0 Å². The summed E-state index contributed by atoms with van der Waals surface area (Å²) in [5, 5.41) is 9.63. The summed E-state index contributed by atoms with van der Waals surface area (Å²) in [6, 6.07) is 6.53. The minimum absolute atomic E-state index is 0.177. The normalized spacial score (nSPS) is 14.5. The van der Waals surface area contributed by atoms with E-state index in [0.29, 0.717) is 0 Å². The van der Waals surface area contributed by atoms with Crippen molar-refractivity contribution in [2.75, 3.05) is 27.8 Å². The van der Waals surface area contributed by atoms with Crippen molar-refractivity contribution in [1.82, 2.24) is 4.90 Å². The molecule has 0 radical (unpaired) electrons. The molecule has 0 aliphatic rings. The van der Waals surface area contributed by atoms with Crippen LogP contribution < -0.4 is 4.74 Å². The molecule has 0 amide bonds. The van der Waals surface area contributed by atoms with Crippen molar-refractivity contribution in [2.24, 2.45) is 5.92 Å². The molecule has 1 aromatic rings. The van der Waals surface area contributed by atoms with Gasteiger partial charge in [0.15, 0.2) is 0 Å². The maximum absolute atomic E-state index is 9.63. The number of benzene rings is 1. The molecular weight excluding hydrogens is 238 g/mol. The lowest BCUT2D eigenvalue weighted by atomic mass is 9.89. The summed E-state index contributed by atoms with van der Waals surface area (Å²) in [5.74, 6) is 1.12. The molecule has 19 heavy (non-hydrogen) atoms. The highest BCUT2D eigenvalue weighted by Gasteiger charge is 2.26. The maximum atomic E-state index is 9.63. The Morgan fingerprint density at radius 1 is 1.26 bits per heavy atom. The summed E-state index contributed by atoms with van der Waals surface area (Å²) in [6.07, 6.45) is 1.95. The highest BCUT2D eigenvalue weighted by atomic mass is 16.5. The van der Waals surface area contributed by atoms with Crippen LogP contribution in [0.5, 0.6) is 5.75 Å². The number of aryl methyl sites for hydroxylation is 1. The molecule has 1 aromatic carbocycles. The van der Waals surface area contributed by atoms with Crippen LogP contribution in [0.25, 0.3) is 0 Å². The van der Waals surface area contributed by atoms with Gasteiger partial charge in [0.2, 0.25) is 0 Å². The summed E-state index contributed by atoms with van der Waals surface area (Å²) in [5.41, 5.74) is 2.48. The number of hydrogen-bond acceptors (Lipinski definition) is 3. The Morgan fingerprint density at radius 3 is 2.37 bits per heavy atom. The predicted molar refractivity (Wildman–Crippen MR) is 79.7 cm³/mol. The van der Waals surface area contributed by atoms with Crippen LogP contribution in [-0.2, 0) is 6.42 Å². The third-order valence-corrected chi connectivity index (χ3v) is 3.78. The molecule has 0 saturated carbocycles. The molecule has 0 saturated heterocycles. The van der Waals surface area contributed by atoms with Crippen molar-refractivity contribution in [3.8, 4) is 5.75 Å². The summed E-state index contributed by atoms with van der Waals surface area (Å²) in [4.78, 5) is 2.17. The van der Waals surface area contributed by atoms with Crippen molar-refractivity contribution in [2.45, 2.75) is 32.7 Å². The molecule has 0 spiro atoms. The van der Waals surface area contributed by atoms with Gasteiger partial charge in [-0.05, 0) is 38.6 Å². The third kappa shape index (κ3) is 3.71.